The largest absolute Gasteiger partial charge is 0.484 e. The first-order valence-corrected chi connectivity index (χ1v) is 7.03. The van der Waals surface area contributed by atoms with Crippen LogP contribution in [-0.2, 0) is 0 Å². The van der Waals surface area contributed by atoms with Crippen LogP contribution in [0.2, 0.25) is 0 Å². The van der Waals surface area contributed by atoms with Gasteiger partial charge in [0.15, 0.2) is 17.4 Å². The highest BCUT2D eigenvalue weighted by Gasteiger charge is 2.57. The molecule has 1 aromatic carbocycles. The fourth-order valence-corrected chi connectivity index (χ4v) is 3.85. The average molecular weight is 309 g/mol. The van der Waals surface area contributed by atoms with Crippen LogP contribution in [-0.4, -0.2) is 11.5 Å². The van der Waals surface area contributed by atoms with Gasteiger partial charge in [-0.1, -0.05) is 12.8 Å². The van der Waals surface area contributed by atoms with Crippen molar-refractivity contribution in [2.45, 2.75) is 43.6 Å². The van der Waals surface area contributed by atoms with Crippen LogP contribution in [0, 0.1) is 28.7 Å². The van der Waals surface area contributed by atoms with Gasteiger partial charge in [-0.15, -0.1) is 11.6 Å². The third-order valence-corrected chi connectivity index (χ3v) is 5.16. The molecule has 0 radical (unpaired) electrons. The highest BCUT2D eigenvalue weighted by Crippen LogP contribution is 2.57. The second-order valence-electron chi connectivity index (χ2n) is 5.55. The zero-order valence-corrected chi connectivity index (χ0v) is 11.3. The molecule has 1 nitrogen and oxygen atoms in total. The minimum absolute atomic E-state index is 0.112. The average Bonchev–Trinajstić information content (AvgIpc) is 2.92. The third kappa shape index (κ3) is 1.90. The third-order valence-electron chi connectivity index (χ3n) is 4.55. The number of benzene rings is 1. The van der Waals surface area contributed by atoms with Crippen LogP contribution in [0.1, 0.15) is 32.1 Å². The topological polar surface area (TPSA) is 9.23 Å². The van der Waals surface area contributed by atoms with E-state index < -0.39 is 35.1 Å². The summed E-state index contributed by atoms with van der Waals surface area (Å²) in [6.07, 6.45) is 3.52. The SMILES string of the molecule is Fc1cc(F)c(F)c(OC2CC(Cl)C23CCCC3)c1F. The summed E-state index contributed by atoms with van der Waals surface area (Å²) in [7, 11) is 0. The summed E-state index contributed by atoms with van der Waals surface area (Å²) < 4.78 is 58.8. The van der Waals surface area contributed by atoms with Crippen molar-refractivity contribution in [2.24, 2.45) is 5.41 Å². The summed E-state index contributed by atoms with van der Waals surface area (Å²) in [4.78, 5) is 0. The van der Waals surface area contributed by atoms with Crippen LogP contribution in [0.25, 0.3) is 0 Å². The monoisotopic (exact) mass is 308 g/mol. The number of halogens is 5. The fourth-order valence-electron chi connectivity index (χ4n) is 3.33. The van der Waals surface area contributed by atoms with Crippen LogP contribution in [0.15, 0.2) is 6.07 Å². The summed E-state index contributed by atoms with van der Waals surface area (Å²) >= 11 is 6.20. The summed E-state index contributed by atoms with van der Waals surface area (Å²) in [6, 6.07) is 0.175. The lowest BCUT2D eigenvalue weighted by molar-refractivity contribution is -0.0402. The van der Waals surface area contributed by atoms with E-state index in [-0.39, 0.29) is 16.9 Å². The van der Waals surface area contributed by atoms with Crippen molar-refractivity contribution in [3.63, 3.8) is 0 Å². The molecule has 0 aromatic heterocycles. The van der Waals surface area contributed by atoms with Crippen LogP contribution in [0.3, 0.4) is 0 Å². The summed E-state index contributed by atoms with van der Waals surface area (Å²) in [5.74, 6) is -6.87. The van der Waals surface area contributed by atoms with Gasteiger partial charge in [-0.3, -0.25) is 0 Å². The van der Waals surface area contributed by atoms with Gasteiger partial charge in [0.25, 0.3) is 0 Å². The Hall–Kier alpha value is -0.970. The van der Waals surface area contributed by atoms with Crippen molar-refractivity contribution in [3.05, 3.63) is 29.3 Å². The number of alkyl halides is 1. The van der Waals surface area contributed by atoms with E-state index in [1.165, 1.54) is 0 Å². The molecule has 3 rings (SSSR count). The Bertz CT molecular complexity index is 516. The van der Waals surface area contributed by atoms with Crippen molar-refractivity contribution in [2.75, 3.05) is 0 Å². The fraction of sp³-hybridized carbons (Fsp3) is 0.571. The molecule has 6 heteroatoms. The zero-order valence-electron chi connectivity index (χ0n) is 10.6. The maximum Gasteiger partial charge on any atom is 0.203 e. The van der Waals surface area contributed by atoms with Crippen molar-refractivity contribution in [1.29, 1.82) is 0 Å². The molecule has 2 saturated carbocycles. The predicted molar refractivity (Wildman–Crippen MR) is 65.8 cm³/mol. The lowest BCUT2D eigenvalue weighted by Gasteiger charge is -2.50. The quantitative estimate of drug-likeness (QED) is 0.442. The molecule has 0 aliphatic heterocycles. The van der Waals surface area contributed by atoms with Crippen LogP contribution < -0.4 is 4.74 Å². The molecule has 0 saturated heterocycles. The van der Waals surface area contributed by atoms with E-state index in [0.29, 0.717) is 6.42 Å². The van der Waals surface area contributed by atoms with Crippen molar-refractivity contribution in [1.82, 2.24) is 0 Å². The molecular weight excluding hydrogens is 296 g/mol. The molecule has 0 N–H and O–H groups in total. The van der Waals surface area contributed by atoms with Gasteiger partial charge in [-0.25, -0.2) is 8.78 Å². The molecule has 2 aliphatic carbocycles. The minimum Gasteiger partial charge on any atom is -0.484 e. The Labute approximate surface area is 118 Å². The van der Waals surface area contributed by atoms with Gasteiger partial charge in [-0.2, -0.15) is 8.78 Å². The van der Waals surface area contributed by atoms with E-state index in [0.717, 1.165) is 25.7 Å². The van der Waals surface area contributed by atoms with Crippen molar-refractivity contribution >= 4 is 11.6 Å². The van der Waals surface area contributed by atoms with E-state index in [4.69, 9.17) is 16.3 Å². The van der Waals surface area contributed by atoms with E-state index in [1.54, 1.807) is 0 Å². The minimum atomic E-state index is -1.49. The molecule has 110 valence electrons. The Morgan fingerprint density at radius 3 is 2.10 bits per heavy atom. The zero-order chi connectivity index (χ0) is 14.5. The van der Waals surface area contributed by atoms with Gasteiger partial charge < -0.3 is 4.74 Å². The molecule has 2 atom stereocenters. The van der Waals surface area contributed by atoms with Gasteiger partial charge in [0.1, 0.15) is 6.10 Å². The van der Waals surface area contributed by atoms with E-state index in [9.17, 15) is 17.6 Å². The smallest absolute Gasteiger partial charge is 0.203 e. The normalized spacial score (nSPS) is 27.6. The standard InChI is InChI=1S/C14H13ClF4O/c15-9-6-10(14(9)3-1-2-4-14)20-13-11(18)7(16)5-8(17)12(13)19/h5,9-10H,1-4,6H2. The highest BCUT2D eigenvalue weighted by atomic mass is 35.5. The first kappa shape index (κ1) is 14.0. The Morgan fingerprint density at radius 2 is 1.60 bits per heavy atom. The molecule has 1 aromatic rings. The molecule has 0 bridgehead atoms. The van der Waals surface area contributed by atoms with Gasteiger partial charge in [0, 0.05) is 23.3 Å². The number of hydrogen-bond donors (Lipinski definition) is 0. The van der Waals surface area contributed by atoms with E-state index >= 15 is 0 Å². The first-order chi connectivity index (χ1) is 9.45. The molecular formula is C14H13ClF4O. The highest BCUT2D eigenvalue weighted by molar-refractivity contribution is 6.21. The molecule has 20 heavy (non-hydrogen) atoms. The summed E-state index contributed by atoms with van der Waals surface area (Å²) in [5, 5.41) is -0.112. The van der Waals surface area contributed by atoms with Crippen molar-refractivity contribution < 1.29 is 22.3 Å². The molecule has 2 fully saturated rings. The second-order valence-corrected chi connectivity index (χ2v) is 6.07. The molecule has 0 heterocycles. The maximum atomic E-state index is 13.6. The van der Waals surface area contributed by atoms with Gasteiger partial charge in [-0.05, 0) is 12.8 Å². The van der Waals surface area contributed by atoms with Gasteiger partial charge in [0.2, 0.25) is 11.6 Å². The molecule has 1 spiro atoms. The van der Waals surface area contributed by atoms with Crippen LogP contribution in [0.5, 0.6) is 5.75 Å². The van der Waals surface area contributed by atoms with Gasteiger partial charge >= 0.3 is 0 Å². The van der Waals surface area contributed by atoms with Gasteiger partial charge in [0.05, 0.1) is 0 Å². The number of rotatable bonds is 2. The first-order valence-electron chi connectivity index (χ1n) is 6.59. The van der Waals surface area contributed by atoms with Crippen LogP contribution in [0.4, 0.5) is 17.6 Å². The van der Waals surface area contributed by atoms with Crippen molar-refractivity contribution in [3.8, 4) is 5.75 Å². The molecule has 0 amide bonds. The molecule has 2 aliphatic rings. The van der Waals surface area contributed by atoms with E-state index in [2.05, 4.69) is 0 Å². The number of ether oxygens (including phenoxy) is 1. The lowest BCUT2D eigenvalue weighted by atomic mass is 9.64. The Balaban J connectivity index is 1.89. The Kier molecular flexibility index (Phi) is 3.35. The molecule has 2 unspecified atom stereocenters. The van der Waals surface area contributed by atoms with E-state index in [1.807, 2.05) is 0 Å². The lowest BCUT2D eigenvalue weighted by Crippen LogP contribution is -2.55. The second kappa shape index (κ2) is 4.79. The predicted octanol–water partition coefficient (Wildman–Crippen LogP) is 4.56. The number of hydrogen-bond acceptors (Lipinski definition) is 1. The summed E-state index contributed by atoms with van der Waals surface area (Å²) in [6.45, 7) is 0. The maximum absolute atomic E-state index is 13.6. The summed E-state index contributed by atoms with van der Waals surface area (Å²) in [5.41, 5.74) is -0.316. The Morgan fingerprint density at radius 1 is 1.05 bits per heavy atom. The van der Waals surface area contributed by atoms with Crippen LogP contribution >= 0.6 is 11.6 Å².